The smallest absolute Gasteiger partial charge is 0.360 e. The van der Waals surface area contributed by atoms with Crippen LogP contribution >= 0.6 is 0 Å². The van der Waals surface area contributed by atoms with Crippen LogP contribution in [0.3, 0.4) is 0 Å². The van der Waals surface area contributed by atoms with Gasteiger partial charge in [-0.2, -0.15) is 0 Å². The first-order valence-corrected chi connectivity index (χ1v) is 7.41. The van der Waals surface area contributed by atoms with E-state index < -0.39 is 5.97 Å². The molecule has 0 spiro atoms. The predicted octanol–water partition coefficient (Wildman–Crippen LogP) is 1.30. The number of nitrogens with zero attached hydrogens (tertiary/aromatic N) is 3. The molecule has 0 radical (unpaired) electrons. The average molecular weight is 280 g/mol. The quantitative estimate of drug-likeness (QED) is 0.795. The highest BCUT2D eigenvalue weighted by Crippen LogP contribution is 2.17. The first-order valence-electron chi connectivity index (χ1n) is 7.41. The Morgan fingerprint density at radius 3 is 2.60 bits per heavy atom. The van der Waals surface area contributed by atoms with E-state index in [-0.39, 0.29) is 5.69 Å². The van der Waals surface area contributed by atoms with Crippen molar-refractivity contribution in [3.63, 3.8) is 0 Å². The van der Waals surface area contributed by atoms with Crippen molar-refractivity contribution in [2.45, 2.75) is 39.7 Å². The summed E-state index contributed by atoms with van der Waals surface area (Å²) in [5.41, 5.74) is 6.33. The van der Waals surface area contributed by atoms with E-state index >= 15 is 0 Å². The van der Waals surface area contributed by atoms with Crippen molar-refractivity contribution in [1.29, 1.82) is 0 Å². The summed E-state index contributed by atoms with van der Waals surface area (Å²) >= 11 is 0. The van der Waals surface area contributed by atoms with Crippen molar-refractivity contribution in [1.82, 2.24) is 14.5 Å². The molecule has 0 atom stereocenters. The Hall–Kier alpha value is -1.56. The molecule has 1 aromatic rings. The van der Waals surface area contributed by atoms with Crippen molar-refractivity contribution in [3.05, 3.63) is 11.5 Å². The van der Waals surface area contributed by atoms with Gasteiger partial charge in [0.15, 0.2) is 5.69 Å². The maximum Gasteiger partial charge on any atom is 0.360 e. The third-order valence-electron chi connectivity index (χ3n) is 3.71. The highest BCUT2D eigenvalue weighted by molar-refractivity contribution is 5.92. The molecular weight excluding hydrogens is 256 g/mol. The molecule has 0 amide bonds. The maximum atomic E-state index is 11.8. The lowest BCUT2D eigenvalue weighted by Crippen LogP contribution is -2.25. The van der Waals surface area contributed by atoms with Crippen LogP contribution in [0.2, 0.25) is 0 Å². The molecule has 1 aliphatic heterocycles. The highest BCUT2D eigenvalue weighted by atomic mass is 16.5. The molecular formula is C14H24N4O2. The van der Waals surface area contributed by atoms with E-state index in [9.17, 15) is 4.79 Å². The fraction of sp³-hybridized carbons (Fsp3) is 0.714. The molecule has 2 heterocycles. The van der Waals surface area contributed by atoms with E-state index in [2.05, 4.69) is 9.88 Å². The minimum Gasteiger partial charge on any atom is -0.461 e. The van der Waals surface area contributed by atoms with Gasteiger partial charge in [-0.3, -0.25) is 0 Å². The monoisotopic (exact) mass is 280 g/mol. The molecule has 2 rings (SSSR count). The Bertz CT molecular complexity index is 464. The number of likely N-dealkylation sites (tertiary alicyclic amines) is 1. The number of hydrogen-bond donors (Lipinski definition) is 1. The van der Waals surface area contributed by atoms with E-state index in [0.717, 1.165) is 38.4 Å². The second-order valence-electron chi connectivity index (χ2n) is 5.04. The second-order valence-corrected chi connectivity index (χ2v) is 5.04. The van der Waals surface area contributed by atoms with Gasteiger partial charge in [0.1, 0.15) is 11.6 Å². The lowest BCUT2D eigenvalue weighted by atomic mass is 10.4. The molecule has 0 aromatic carbocycles. The molecule has 20 heavy (non-hydrogen) atoms. The molecule has 6 nitrogen and oxygen atoms in total. The summed E-state index contributed by atoms with van der Waals surface area (Å²) in [4.78, 5) is 18.6. The van der Waals surface area contributed by atoms with Crippen molar-refractivity contribution < 1.29 is 9.53 Å². The van der Waals surface area contributed by atoms with Gasteiger partial charge in [-0.15, -0.1) is 0 Å². The van der Waals surface area contributed by atoms with Gasteiger partial charge in [0, 0.05) is 19.5 Å². The number of carbonyl (C=O) groups excluding carboxylic acids is 1. The van der Waals surface area contributed by atoms with Crippen LogP contribution < -0.4 is 5.73 Å². The number of nitrogen functional groups attached to an aromatic ring is 1. The van der Waals surface area contributed by atoms with Crippen LogP contribution in [0.15, 0.2) is 0 Å². The number of imidazole rings is 1. The molecule has 1 fully saturated rings. The first kappa shape index (κ1) is 14.8. The molecule has 1 aliphatic rings. The van der Waals surface area contributed by atoms with E-state index in [1.54, 1.807) is 6.92 Å². The zero-order valence-corrected chi connectivity index (χ0v) is 12.4. The summed E-state index contributed by atoms with van der Waals surface area (Å²) in [5.74, 6) is 0.851. The molecule has 6 heteroatoms. The Labute approximate surface area is 119 Å². The third-order valence-corrected chi connectivity index (χ3v) is 3.71. The summed E-state index contributed by atoms with van der Waals surface area (Å²) < 4.78 is 6.94. The fourth-order valence-corrected chi connectivity index (χ4v) is 2.63. The van der Waals surface area contributed by atoms with Crippen LogP contribution in [-0.4, -0.2) is 46.7 Å². The number of carbonyl (C=O) groups is 1. The Morgan fingerprint density at radius 1 is 1.30 bits per heavy atom. The summed E-state index contributed by atoms with van der Waals surface area (Å²) in [5, 5.41) is 0. The van der Waals surface area contributed by atoms with Gasteiger partial charge in [-0.1, -0.05) is 6.92 Å². The van der Waals surface area contributed by atoms with Gasteiger partial charge in [0.25, 0.3) is 0 Å². The summed E-state index contributed by atoms with van der Waals surface area (Å²) in [7, 11) is 0. The molecule has 1 saturated heterocycles. The number of anilines is 1. The Morgan fingerprint density at radius 2 is 2.00 bits per heavy atom. The van der Waals surface area contributed by atoms with E-state index in [1.807, 2.05) is 11.5 Å². The Kier molecular flexibility index (Phi) is 5.00. The lowest BCUT2D eigenvalue weighted by molar-refractivity contribution is 0.0521. The number of rotatable bonds is 6. The zero-order valence-electron chi connectivity index (χ0n) is 12.4. The maximum absolute atomic E-state index is 11.8. The van der Waals surface area contributed by atoms with Crippen LogP contribution in [0.4, 0.5) is 5.82 Å². The fourth-order valence-electron chi connectivity index (χ4n) is 2.63. The number of nitrogens with two attached hydrogens (primary N) is 1. The minimum absolute atomic E-state index is 0.255. The van der Waals surface area contributed by atoms with Crippen molar-refractivity contribution in [2.24, 2.45) is 0 Å². The second kappa shape index (κ2) is 6.74. The van der Waals surface area contributed by atoms with Crippen molar-refractivity contribution in [2.75, 3.05) is 32.0 Å². The highest BCUT2D eigenvalue weighted by Gasteiger charge is 2.21. The number of aryl methyl sites for hydroxylation is 1. The average Bonchev–Trinajstić information content (AvgIpc) is 3.04. The van der Waals surface area contributed by atoms with Gasteiger partial charge in [-0.25, -0.2) is 9.78 Å². The summed E-state index contributed by atoms with van der Waals surface area (Å²) in [6.07, 6.45) is 3.30. The number of hydrogen-bond acceptors (Lipinski definition) is 5. The molecule has 2 N–H and O–H groups in total. The van der Waals surface area contributed by atoms with E-state index in [4.69, 9.17) is 10.5 Å². The zero-order chi connectivity index (χ0) is 14.5. The van der Waals surface area contributed by atoms with Gasteiger partial charge >= 0.3 is 5.97 Å². The molecule has 1 aromatic heterocycles. The van der Waals surface area contributed by atoms with E-state index in [1.165, 1.54) is 12.8 Å². The largest absolute Gasteiger partial charge is 0.461 e. The molecule has 0 saturated carbocycles. The van der Waals surface area contributed by atoms with Crippen LogP contribution in [0.1, 0.15) is 43.0 Å². The minimum atomic E-state index is -0.431. The summed E-state index contributed by atoms with van der Waals surface area (Å²) in [6, 6.07) is 0. The van der Waals surface area contributed by atoms with Crippen molar-refractivity contribution in [3.8, 4) is 0 Å². The third kappa shape index (κ3) is 3.12. The van der Waals surface area contributed by atoms with Gasteiger partial charge in [0.05, 0.1) is 6.61 Å². The van der Waals surface area contributed by atoms with Crippen LogP contribution in [-0.2, 0) is 17.7 Å². The van der Waals surface area contributed by atoms with Crippen LogP contribution in [0.5, 0.6) is 0 Å². The molecule has 0 aliphatic carbocycles. The van der Waals surface area contributed by atoms with E-state index in [0.29, 0.717) is 12.4 Å². The number of ether oxygens (including phenoxy) is 1. The number of aromatic nitrogens is 2. The van der Waals surface area contributed by atoms with Gasteiger partial charge in [-0.05, 0) is 32.9 Å². The predicted molar refractivity (Wildman–Crippen MR) is 77.6 cm³/mol. The van der Waals surface area contributed by atoms with Gasteiger partial charge < -0.3 is 19.9 Å². The Balaban J connectivity index is 2.11. The number of esters is 1. The van der Waals surface area contributed by atoms with Crippen LogP contribution in [0, 0.1) is 0 Å². The topological polar surface area (TPSA) is 73.4 Å². The SMILES string of the molecule is CCOC(=O)c1nc(CC)n(CCN2CCCC2)c1N. The van der Waals surface area contributed by atoms with Gasteiger partial charge in [0.2, 0.25) is 0 Å². The van der Waals surface area contributed by atoms with Crippen molar-refractivity contribution >= 4 is 11.8 Å². The lowest BCUT2D eigenvalue weighted by Gasteiger charge is -2.16. The molecule has 112 valence electrons. The summed E-state index contributed by atoms with van der Waals surface area (Å²) in [6.45, 7) is 8.17. The molecule has 0 unspecified atom stereocenters. The standard InChI is InChI=1S/C14H24N4O2/c1-3-11-16-12(14(19)20-4-2)13(15)18(11)10-9-17-7-5-6-8-17/h3-10,15H2,1-2H3. The van der Waals surface area contributed by atoms with Crippen LogP contribution in [0.25, 0.3) is 0 Å². The normalized spacial score (nSPS) is 15.7. The molecule has 0 bridgehead atoms. The first-order chi connectivity index (χ1) is 9.67.